The molecule has 2 rings (SSSR count). The van der Waals surface area contributed by atoms with E-state index < -0.39 is 5.97 Å². The van der Waals surface area contributed by atoms with Gasteiger partial charge < -0.3 is 15.7 Å². The van der Waals surface area contributed by atoms with Crippen molar-refractivity contribution in [2.75, 3.05) is 11.9 Å². The number of aliphatic carboxylic acids is 1. The molecular formula is C15H19BrN2O3. The van der Waals surface area contributed by atoms with E-state index in [0.717, 1.165) is 22.9 Å². The summed E-state index contributed by atoms with van der Waals surface area (Å²) < 4.78 is 0.932. The van der Waals surface area contributed by atoms with Gasteiger partial charge in [-0.1, -0.05) is 28.4 Å². The topological polar surface area (TPSA) is 78.4 Å². The van der Waals surface area contributed by atoms with Crippen molar-refractivity contribution < 1.29 is 14.7 Å². The number of halogens is 1. The highest BCUT2D eigenvalue weighted by atomic mass is 79.9. The minimum absolute atomic E-state index is 0.0259. The van der Waals surface area contributed by atoms with E-state index in [4.69, 9.17) is 5.11 Å². The van der Waals surface area contributed by atoms with Crippen LogP contribution in [0.15, 0.2) is 22.7 Å². The summed E-state index contributed by atoms with van der Waals surface area (Å²) in [7, 11) is 0. The fourth-order valence-electron chi connectivity index (χ4n) is 2.68. The molecule has 0 spiro atoms. The maximum atomic E-state index is 11.9. The molecular weight excluding hydrogens is 336 g/mol. The van der Waals surface area contributed by atoms with E-state index in [-0.39, 0.29) is 17.9 Å². The van der Waals surface area contributed by atoms with E-state index in [1.165, 1.54) is 0 Å². The van der Waals surface area contributed by atoms with Crippen LogP contribution in [0.5, 0.6) is 0 Å². The Balaban J connectivity index is 1.84. The Labute approximate surface area is 132 Å². The van der Waals surface area contributed by atoms with E-state index in [2.05, 4.69) is 26.6 Å². The fourth-order valence-corrected chi connectivity index (χ4v) is 3.05. The Morgan fingerprint density at radius 1 is 1.38 bits per heavy atom. The van der Waals surface area contributed by atoms with Crippen LogP contribution < -0.4 is 10.6 Å². The van der Waals surface area contributed by atoms with Crippen LogP contribution in [0, 0.1) is 18.8 Å². The molecule has 21 heavy (non-hydrogen) atoms. The molecule has 1 fully saturated rings. The van der Waals surface area contributed by atoms with Crippen molar-refractivity contribution in [1.82, 2.24) is 5.32 Å². The number of anilines is 1. The second-order valence-electron chi connectivity index (χ2n) is 5.43. The summed E-state index contributed by atoms with van der Waals surface area (Å²) >= 11 is 3.42. The first-order valence-electron chi connectivity index (χ1n) is 7.01. The number of amides is 2. The molecule has 0 aromatic heterocycles. The summed E-state index contributed by atoms with van der Waals surface area (Å²) in [4.78, 5) is 22.9. The Morgan fingerprint density at radius 3 is 2.81 bits per heavy atom. The van der Waals surface area contributed by atoms with Crippen LogP contribution in [-0.2, 0) is 4.79 Å². The summed E-state index contributed by atoms with van der Waals surface area (Å²) in [5.41, 5.74) is 1.79. The Morgan fingerprint density at radius 2 is 2.14 bits per heavy atom. The quantitative estimate of drug-likeness (QED) is 0.775. The minimum atomic E-state index is -0.762. The van der Waals surface area contributed by atoms with Gasteiger partial charge in [-0.25, -0.2) is 4.79 Å². The molecule has 2 amide bonds. The SMILES string of the molecule is Cc1ccc(NC(=O)NCC2CCCC2C(=O)O)cc1Br. The molecule has 0 radical (unpaired) electrons. The number of carbonyl (C=O) groups excluding carboxylic acids is 1. The van der Waals surface area contributed by atoms with E-state index in [0.29, 0.717) is 18.7 Å². The molecule has 0 aliphatic heterocycles. The van der Waals surface area contributed by atoms with Gasteiger partial charge in [-0.3, -0.25) is 4.79 Å². The Bertz CT molecular complexity index is 548. The average molecular weight is 355 g/mol. The largest absolute Gasteiger partial charge is 0.481 e. The summed E-state index contributed by atoms with van der Waals surface area (Å²) in [5.74, 6) is -1.07. The Hall–Kier alpha value is -1.56. The second-order valence-corrected chi connectivity index (χ2v) is 6.29. The second kappa shape index (κ2) is 6.93. The fraction of sp³-hybridized carbons (Fsp3) is 0.467. The van der Waals surface area contributed by atoms with Gasteiger partial charge in [0.25, 0.3) is 0 Å². The lowest BCUT2D eigenvalue weighted by Crippen LogP contribution is -2.35. The van der Waals surface area contributed by atoms with Crippen LogP contribution >= 0.6 is 15.9 Å². The Kier molecular flexibility index (Phi) is 5.22. The van der Waals surface area contributed by atoms with Crippen molar-refractivity contribution >= 4 is 33.6 Å². The lowest BCUT2D eigenvalue weighted by molar-refractivity contribution is -0.142. The first-order valence-corrected chi connectivity index (χ1v) is 7.80. The van der Waals surface area contributed by atoms with Crippen LogP contribution in [0.3, 0.4) is 0 Å². The van der Waals surface area contributed by atoms with Gasteiger partial charge >= 0.3 is 12.0 Å². The van der Waals surface area contributed by atoms with Crippen LogP contribution in [0.1, 0.15) is 24.8 Å². The van der Waals surface area contributed by atoms with Crippen LogP contribution in [0.2, 0.25) is 0 Å². The van der Waals surface area contributed by atoms with Gasteiger partial charge in [-0.15, -0.1) is 0 Å². The maximum absolute atomic E-state index is 11.9. The number of aryl methyl sites for hydroxylation is 1. The van der Waals surface area contributed by atoms with Gasteiger partial charge in [0, 0.05) is 16.7 Å². The minimum Gasteiger partial charge on any atom is -0.481 e. The number of urea groups is 1. The molecule has 5 nitrogen and oxygen atoms in total. The van der Waals surface area contributed by atoms with E-state index >= 15 is 0 Å². The zero-order valence-electron chi connectivity index (χ0n) is 11.9. The maximum Gasteiger partial charge on any atom is 0.319 e. The molecule has 2 atom stereocenters. The van der Waals surface area contributed by atoms with E-state index in [1.807, 2.05) is 25.1 Å². The zero-order chi connectivity index (χ0) is 15.4. The lowest BCUT2D eigenvalue weighted by atomic mass is 9.96. The average Bonchev–Trinajstić information content (AvgIpc) is 2.89. The van der Waals surface area contributed by atoms with Gasteiger partial charge in [-0.05, 0) is 43.4 Å². The van der Waals surface area contributed by atoms with E-state index in [1.54, 1.807) is 0 Å². The number of carboxylic acids is 1. The summed E-state index contributed by atoms with van der Waals surface area (Å²) in [6.07, 6.45) is 2.47. The highest BCUT2D eigenvalue weighted by Gasteiger charge is 2.32. The van der Waals surface area contributed by atoms with Crippen molar-refractivity contribution in [3.63, 3.8) is 0 Å². The summed E-state index contributed by atoms with van der Waals surface area (Å²) in [5, 5.41) is 14.6. The van der Waals surface area contributed by atoms with Crippen molar-refractivity contribution in [2.45, 2.75) is 26.2 Å². The van der Waals surface area contributed by atoms with Crippen molar-refractivity contribution in [2.24, 2.45) is 11.8 Å². The molecule has 1 aliphatic carbocycles. The third-order valence-electron chi connectivity index (χ3n) is 3.93. The van der Waals surface area contributed by atoms with Gasteiger partial charge in [-0.2, -0.15) is 0 Å². The first-order chi connectivity index (χ1) is 9.97. The number of nitrogens with one attached hydrogen (secondary N) is 2. The first kappa shape index (κ1) is 15.8. The molecule has 0 saturated heterocycles. The smallest absolute Gasteiger partial charge is 0.319 e. The normalized spacial score (nSPS) is 21.0. The van der Waals surface area contributed by atoms with Gasteiger partial charge in [0.1, 0.15) is 0 Å². The van der Waals surface area contributed by atoms with E-state index in [9.17, 15) is 9.59 Å². The van der Waals surface area contributed by atoms with Gasteiger partial charge in [0.05, 0.1) is 5.92 Å². The van der Waals surface area contributed by atoms with Crippen molar-refractivity contribution in [3.05, 3.63) is 28.2 Å². The molecule has 114 valence electrons. The molecule has 3 N–H and O–H groups in total. The molecule has 6 heteroatoms. The molecule has 2 unspecified atom stereocenters. The molecule has 1 aromatic rings. The standard InChI is InChI=1S/C15H19BrN2O3/c1-9-5-6-11(7-13(9)16)18-15(21)17-8-10-3-2-4-12(10)14(19)20/h5-7,10,12H,2-4,8H2,1H3,(H,19,20)(H2,17,18,21). The number of rotatable bonds is 4. The zero-order valence-corrected chi connectivity index (χ0v) is 13.4. The third kappa shape index (κ3) is 4.20. The van der Waals surface area contributed by atoms with Gasteiger partial charge in [0.2, 0.25) is 0 Å². The molecule has 1 aliphatic rings. The number of hydrogen-bond acceptors (Lipinski definition) is 2. The molecule has 0 heterocycles. The summed E-state index contributed by atoms with van der Waals surface area (Å²) in [6.45, 7) is 2.37. The molecule has 1 aromatic carbocycles. The number of hydrogen-bond donors (Lipinski definition) is 3. The lowest BCUT2D eigenvalue weighted by Gasteiger charge is -2.16. The van der Waals surface area contributed by atoms with Crippen LogP contribution in [-0.4, -0.2) is 23.7 Å². The number of carbonyl (C=O) groups is 2. The van der Waals surface area contributed by atoms with Crippen LogP contribution in [0.25, 0.3) is 0 Å². The predicted molar refractivity (Wildman–Crippen MR) is 84.4 cm³/mol. The van der Waals surface area contributed by atoms with Crippen LogP contribution in [0.4, 0.5) is 10.5 Å². The number of carboxylic acid groups (broad SMARTS) is 1. The van der Waals surface area contributed by atoms with Gasteiger partial charge in [0.15, 0.2) is 0 Å². The third-order valence-corrected chi connectivity index (χ3v) is 4.79. The van der Waals surface area contributed by atoms with Crippen molar-refractivity contribution in [3.8, 4) is 0 Å². The summed E-state index contributed by atoms with van der Waals surface area (Å²) in [6, 6.07) is 5.28. The molecule has 0 bridgehead atoms. The highest BCUT2D eigenvalue weighted by Crippen LogP contribution is 2.31. The molecule has 1 saturated carbocycles. The number of benzene rings is 1. The monoisotopic (exact) mass is 354 g/mol. The highest BCUT2D eigenvalue weighted by molar-refractivity contribution is 9.10. The van der Waals surface area contributed by atoms with Crippen molar-refractivity contribution in [1.29, 1.82) is 0 Å². The predicted octanol–water partition coefficient (Wildman–Crippen LogP) is 3.38.